The van der Waals surface area contributed by atoms with Gasteiger partial charge in [0.1, 0.15) is 0 Å². The van der Waals surface area contributed by atoms with Gasteiger partial charge >= 0.3 is 0 Å². The molecule has 0 radical (unpaired) electrons. The van der Waals surface area contributed by atoms with Crippen LogP contribution in [0.1, 0.15) is 58.8 Å². The summed E-state index contributed by atoms with van der Waals surface area (Å²) in [6.07, 6.45) is 7.05. The first-order valence-electron chi connectivity index (χ1n) is 5.51. The zero-order chi connectivity index (χ0) is 10.2. The molecule has 2 N–H and O–H groups in total. The first-order chi connectivity index (χ1) is 6.18. The van der Waals surface area contributed by atoms with Crippen molar-refractivity contribution in [2.24, 2.45) is 0 Å². The van der Waals surface area contributed by atoms with Crippen LogP contribution in [-0.4, -0.2) is 22.4 Å². The van der Waals surface area contributed by atoms with Gasteiger partial charge in [-0.2, -0.15) is 0 Å². The molecule has 1 atom stereocenters. The van der Waals surface area contributed by atoms with E-state index in [2.05, 4.69) is 6.92 Å². The van der Waals surface area contributed by atoms with Crippen molar-refractivity contribution in [1.82, 2.24) is 0 Å². The zero-order valence-corrected chi connectivity index (χ0v) is 9.05. The van der Waals surface area contributed by atoms with Gasteiger partial charge in [-0.3, -0.25) is 0 Å². The van der Waals surface area contributed by atoms with Crippen LogP contribution in [0, 0.1) is 0 Å². The molecule has 0 rings (SSSR count). The van der Waals surface area contributed by atoms with E-state index in [0.717, 1.165) is 25.7 Å². The average Bonchev–Trinajstić information content (AvgIpc) is 2.13. The van der Waals surface area contributed by atoms with Gasteiger partial charge in [0, 0.05) is 0 Å². The highest BCUT2D eigenvalue weighted by molar-refractivity contribution is 4.76. The van der Waals surface area contributed by atoms with Crippen LogP contribution < -0.4 is 0 Å². The van der Waals surface area contributed by atoms with Gasteiger partial charge in [-0.1, -0.05) is 46.0 Å². The van der Waals surface area contributed by atoms with Crippen molar-refractivity contribution in [1.29, 1.82) is 0 Å². The smallest absolute Gasteiger partial charge is 0.0877 e. The monoisotopic (exact) mass is 188 g/mol. The van der Waals surface area contributed by atoms with Gasteiger partial charge in [-0.25, -0.2) is 0 Å². The Balaban J connectivity index is 3.57. The molecule has 0 aliphatic rings. The minimum Gasteiger partial charge on any atom is -0.393 e. The Morgan fingerprint density at radius 3 is 2.08 bits per heavy atom. The third-order valence-corrected chi connectivity index (χ3v) is 2.51. The topological polar surface area (TPSA) is 40.5 Å². The number of hydrogen-bond acceptors (Lipinski definition) is 2. The summed E-state index contributed by atoms with van der Waals surface area (Å²) in [6.45, 7) is 4.12. The number of aliphatic hydroxyl groups is 2. The first kappa shape index (κ1) is 12.9. The van der Waals surface area contributed by atoms with Crippen molar-refractivity contribution < 1.29 is 10.2 Å². The van der Waals surface area contributed by atoms with E-state index in [1.807, 2.05) is 6.92 Å². The summed E-state index contributed by atoms with van der Waals surface area (Å²) in [4.78, 5) is 0. The van der Waals surface area contributed by atoms with Gasteiger partial charge in [0.2, 0.25) is 0 Å². The summed E-state index contributed by atoms with van der Waals surface area (Å²) in [5.41, 5.74) is -0.803. The Morgan fingerprint density at radius 1 is 0.923 bits per heavy atom. The van der Waals surface area contributed by atoms with Gasteiger partial charge in [-0.15, -0.1) is 0 Å². The predicted molar refractivity (Wildman–Crippen MR) is 55.7 cm³/mol. The van der Waals surface area contributed by atoms with E-state index in [1.54, 1.807) is 0 Å². The van der Waals surface area contributed by atoms with Crippen LogP contribution in [0.4, 0.5) is 0 Å². The van der Waals surface area contributed by atoms with E-state index < -0.39 is 5.60 Å². The SMILES string of the molecule is CCCCCCC(O)(CO)CCC. The molecule has 0 amide bonds. The molecule has 80 valence electrons. The first-order valence-corrected chi connectivity index (χ1v) is 5.51. The van der Waals surface area contributed by atoms with E-state index >= 15 is 0 Å². The van der Waals surface area contributed by atoms with Crippen LogP contribution in [0.3, 0.4) is 0 Å². The minimum absolute atomic E-state index is 0.0903. The van der Waals surface area contributed by atoms with Crippen molar-refractivity contribution in [2.45, 2.75) is 64.4 Å². The second kappa shape index (κ2) is 7.34. The molecule has 0 aromatic carbocycles. The molecule has 0 saturated heterocycles. The van der Waals surface area contributed by atoms with Gasteiger partial charge in [0.15, 0.2) is 0 Å². The van der Waals surface area contributed by atoms with Crippen LogP contribution in [0.2, 0.25) is 0 Å². The van der Waals surface area contributed by atoms with Crippen molar-refractivity contribution >= 4 is 0 Å². The van der Waals surface area contributed by atoms with Crippen LogP contribution in [0.25, 0.3) is 0 Å². The molecule has 1 unspecified atom stereocenters. The Kier molecular flexibility index (Phi) is 7.29. The fraction of sp³-hybridized carbons (Fsp3) is 1.00. The van der Waals surface area contributed by atoms with Crippen molar-refractivity contribution in [3.8, 4) is 0 Å². The molecular weight excluding hydrogens is 164 g/mol. The van der Waals surface area contributed by atoms with Crippen LogP contribution in [0.5, 0.6) is 0 Å². The third-order valence-electron chi connectivity index (χ3n) is 2.51. The minimum atomic E-state index is -0.803. The van der Waals surface area contributed by atoms with E-state index in [1.165, 1.54) is 19.3 Å². The van der Waals surface area contributed by atoms with Gasteiger partial charge in [0.25, 0.3) is 0 Å². The molecule has 13 heavy (non-hydrogen) atoms. The zero-order valence-electron chi connectivity index (χ0n) is 9.05. The quantitative estimate of drug-likeness (QED) is 0.574. The lowest BCUT2D eigenvalue weighted by atomic mass is 9.92. The second-order valence-corrected chi connectivity index (χ2v) is 3.94. The summed E-state index contributed by atoms with van der Waals surface area (Å²) in [6, 6.07) is 0. The lowest BCUT2D eigenvalue weighted by molar-refractivity contribution is -0.0301. The summed E-state index contributed by atoms with van der Waals surface area (Å²) in [7, 11) is 0. The highest BCUT2D eigenvalue weighted by atomic mass is 16.3. The van der Waals surface area contributed by atoms with Crippen LogP contribution >= 0.6 is 0 Å². The molecule has 0 aromatic heterocycles. The van der Waals surface area contributed by atoms with Crippen molar-refractivity contribution in [2.75, 3.05) is 6.61 Å². The lowest BCUT2D eigenvalue weighted by Crippen LogP contribution is -2.32. The maximum Gasteiger partial charge on any atom is 0.0877 e. The molecule has 0 heterocycles. The number of hydrogen-bond donors (Lipinski definition) is 2. The maximum atomic E-state index is 9.87. The molecule has 0 aliphatic carbocycles. The Labute approximate surface area is 82.0 Å². The molecule has 0 spiro atoms. The molecule has 0 aliphatic heterocycles. The predicted octanol–water partition coefficient (Wildman–Crippen LogP) is 2.48. The summed E-state index contributed by atoms with van der Waals surface area (Å²) < 4.78 is 0. The number of unbranched alkanes of at least 4 members (excludes halogenated alkanes) is 3. The molecule has 0 fully saturated rings. The van der Waals surface area contributed by atoms with E-state index in [0.29, 0.717) is 0 Å². The highest BCUT2D eigenvalue weighted by Crippen LogP contribution is 2.20. The molecule has 0 bridgehead atoms. The fourth-order valence-electron chi connectivity index (χ4n) is 1.63. The Bertz CT molecular complexity index is 115. The molecule has 0 aromatic rings. The maximum absolute atomic E-state index is 9.87. The standard InChI is InChI=1S/C11H24O2/c1-3-5-6-7-9-11(13,10-12)8-4-2/h12-13H,3-10H2,1-2H3. The van der Waals surface area contributed by atoms with Crippen LogP contribution in [-0.2, 0) is 0 Å². The summed E-state index contributed by atoms with van der Waals surface area (Å²) >= 11 is 0. The van der Waals surface area contributed by atoms with Crippen molar-refractivity contribution in [3.05, 3.63) is 0 Å². The van der Waals surface area contributed by atoms with Crippen molar-refractivity contribution in [3.63, 3.8) is 0 Å². The van der Waals surface area contributed by atoms with E-state index in [-0.39, 0.29) is 6.61 Å². The average molecular weight is 188 g/mol. The molecule has 2 nitrogen and oxygen atoms in total. The number of rotatable bonds is 8. The number of aliphatic hydroxyl groups excluding tert-OH is 1. The van der Waals surface area contributed by atoms with Gasteiger partial charge in [-0.05, 0) is 12.8 Å². The summed E-state index contributed by atoms with van der Waals surface area (Å²) in [5.74, 6) is 0. The lowest BCUT2D eigenvalue weighted by Gasteiger charge is -2.25. The summed E-state index contributed by atoms with van der Waals surface area (Å²) in [5, 5.41) is 18.9. The normalized spacial score (nSPS) is 15.7. The third kappa shape index (κ3) is 6.05. The van der Waals surface area contributed by atoms with Crippen LogP contribution in [0.15, 0.2) is 0 Å². The molecule has 2 heteroatoms. The second-order valence-electron chi connectivity index (χ2n) is 3.94. The van der Waals surface area contributed by atoms with Gasteiger partial charge < -0.3 is 10.2 Å². The van der Waals surface area contributed by atoms with E-state index in [9.17, 15) is 5.11 Å². The molecule has 0 saturated carbocycles. The fourth-order valence-corrected chi connectivity index (χ4v) is 1.63. The largest absolute Gasteiger partial charge is 0.393 e. The van der Waals surface area contributed by atoms with E-state index in [4.69, 9.17) is 5.11 Å². The Morgan fingerprint density at radius 2 is 1.62 bits per heavy atom. The Hall–Kier alpha value is -0.0800. The highest BCUT2D eigenvalue weighted by Gasteiger charge is 2.23. The van der Waals surface area contributed by atoms with Gasteiger partial charge in [0.05, 0.1) is 12.2 Å². The molecular formula is C11H24O2.